The summed E-state index contributed by atoms with van der Waals surface area (Å²) in [6.45, 7) is 13.0. The van der Waals surface area contributed by atoms with E-state index in [1.165, 1.54) is 0 Å². The molecule has 2 rings (SSSR count). The van der Waals surface area contributed by atoms with E-state index in [0.29, 0.717) is 58.9 Å². The maximum absolute atomic E-state index is 12.7. The van der Waals surface area contributed by atoms with Gasteiger partial charge in [0.2, 0.25) is 0 Å². The molecule has 0 bridgehead atoms. The van der Waals surface area contributed by atoms with E-state index in [1.54, 1.807) is 0 Å². The summed E-state index contributed by atoms with van der Waals surface area (Å²) in [7, 11) is 2.12. The summed E-state index contributed by atoms with van der Waals surface area (Å²) in [5, 5.41) is 9.33. The fourth-order valence-electron chi connectivity index (χ4n) is 4.63. The van der Waals surface area contributed by atoms with Crippen molar-refractivity contribution in [1.82, 2.24) is 19.6 Å². The van der Waals surface area contributed by atoms with Crippen molar-refractivity contribution < 1.29 is 28.9 Å². The number of carbonyl (C=O) groups excluding carboxylic acids is 1. The summed E-state index contributed by atoms with van der Waals surface area (Å²) in [6, 6.07) is 0. The van der Waals surface area contributed by atoms with Gasteiger partial charge in [-0.15, -0.1) is 0 Å². The molecular formula is C28H52N4O6. The van der Waals surface area contributed by atoms with E-state index in [2.05, 4.69) is 40.8 Å². The van der Waals surface area contributed by atoms with Crippen molar-refractivity contribution in [3.8, 4) is 0 Å². The molecule has 1 N–H and O–H groups in total. The lowest BCUT2D eigenvalue weighted by atomic mass is 10.1. The van der Waals surface area contributed by atoms with Crippen LogP contribution >= 0.6 is 0 Å². The molecule has 1 atom stereocenters. The van der Waals surface area contributed by atoms with Crippen LogP contribution in [-0.2, 0) is 23.8 Å². The van der Waals surface area contributed by atoms with Crippen molar-refractivity contribution in [3.63, 3.8) is 0 Å². The Bertz CT molecular complexity index is 680. The third-order valence-electron chi connectivity index (χ3n) is 7.15. The molecule has 0 aromatic heterocycles. The fraction of sp³-hybridized carbons (Fsp3) is 0.857. The first-order chi connectivity index (χ1) is 18.5. The average Bonchev–Trinajstić information content (AvgIpc) is 2.86. The number of hydrogen-bond donors (Lipinski definition) is 1. The van der Waals surface area contributed by atoms with Crippen LogP contribution in [0, 0.1) is 0 Å². The molecule has 1 fully saturated rings. The van der Waals surface area contributed by atoms with Crippen molar-refractivity contribution in [1.29, 1.82) is 0 Å². The highest BCUT2D eigenvalue weighted by atomic mass is 16.5. The van der Waals surface area contributed by atoms with Crippen LogP contribution in [0.5, 0.6) is 0 Å². The van der Waals surface area contributed by atoms with E-state index in [9.17, 15) is 14.7 Å². The molecule has 0 spiro atoms. The minimum absolute atomic E-state index is 0.0331. The molecule has 0 radical (unpaired) electrons. The van der Waals surface area contributed by atoms with E-state index in [-0.39, 0.29) is 18.4 Å². The lowest BCUT2D eigenvalue weighted by Crippen LogP contribution is -2.47. The van der Waals surface area contributed by atoms with Gasteiger partial charge in [0.25, 0.3) is 0 Å². The summed E-state index contributed by atoms with van der Waals surface area (Å²) in [6.07, 6.45) is 8.71. The monoisotopic (exact) mass is 540 g/mol. The summed E-state index contributed by atoms with van der Waals surface area (Å²) in [5.41, 5.74) is 0. The standard InChI is InChI=1S/C28H52N4O6/c1-3-30-13-11-29(2)12-14-31(17-18-32(16-15-30)24-28(34)35)23-26(33)9-8-19-36-21-22-37-25-27-10-6-4-5-7-20-38-27/h4-5,27H,3,6-25H2,1-2H3,(H,34,35)/b5-4+. The Labute approximate surface area is 229 Å². The SMILES string of the molecule is CCN1CCN(C)CCN(CC(=O)CCCOCCOCC2CC/C=C/CCO2)CCN(CC(=O)O)CC1. The van der Waals surface area contributed by atoms with Gasteiger partial charge in [-0.1, -0.05) is 19.1 Å². The van der Waals surface area contributed by atoms with E-state index < -0.39 is 5.97 Å². The lowest BCUT2D eigenvalue weighted by molar-refractivity contribution is -0.138. The van der Waals surface area contributed by atoms with Gasteiger partial charge < -0.3 is 29.1 Å². The predicted molar refractivity (Wildman–Crippen MR) is 149 cm³/mol. The zero-order valence-electron chi connectivity index (χ0n) is 23.9. The van der Waals surface area contributed by atoms with Crippen LogP contribution in [0.2, 0.25) is 0 Å². The highest BCUT2D eigenvalue weighted by Gasteiger charge is 2.18. The van der Waals surface area contributed by atoms with Crippen molar-refractivity contribution in [2.45, 2.75) is 45.1 Å². The molecule has 0 amide bonds. The number of nitrogens with zero attached hydrogens (tertiary/aromatic N) is 4. The molecule has 0 aliphatic carbocycles. The number of carboxylic acid groups (broad SMARTS) is 1. The first-order valence-electron chi connectivity index (χ1n) is 14.5. The average molecular weight is 541 g/mol. The van der Waals surface area contributed by atoms with Crippen molar-refractivity contribution in [3.05, 3.63) is 12.2 Å². The van der Waals surface area contributed by atoms with Gasteiger partial charge in [-0.25, -0.2) is 0 Å². The van der Waals surface area contributed by atoms with Crippen LogP contribution in [0.15, 0.2) is 12.2 Å². The Hall–Kier alpha value is -1.40. The molecule has 2 aliphatic heterocycles. The van der Waals surface area contributed by atoms with Crippen LogP contribution in [0.4, 0.5) is 0 Å². The fourth-order valence-corrected chi connectivity index (χ4v) is 4.63. The maximum Gasteiger partial charge on any atom is 0.317 e. The third kappa shape index (κ3) is 15.9. The van der Waals surface area contributed by atoms with Gasteiger partial charge in [-0.2, -0.15) is 0 Å². The number of carbonyl (C=O) groups is 2. The Morgan fingerprint density at radius 1 is 0.868 bits per heavy atom. The highest BCUT2D eigenvalue weighted by molar-refractivity contribution is 5.80. The Balaban J connectivity index is 1.64. The molecule has 0 aromatic carbocycles. The van der Waals surface area contributed by atoms with Crippen LogP contribution in [0.25, 0.3) is 0 Å². The van der Waals surface area contributed by atoms with Gasteiger partial charge in [0.05, 0.1) is 45.6 Å². The summed E-state index contributed by atoms with van der Waals surface area (Å²) < 4.78 is 17.2. The normalized spacial score (nSPS) is 23.2. The van der Waals surface area contributed by atoms with Gasteiger partial charge in [0, 0.05) is 65.4 Å². The zero-order chi connectivity index (χ0) is 27.4. The minimum Gasteiger partial charge on any atom is -0.480 e. The first kappa shape index (κ1) is 32.8. The van der Waals surface area contributed by atoms with Crippen LogP contribution in [0.3, 0.4) is 0 Å². The maximum atomic E-state index is 12.7. The van der Waals surface area contributed by atoms with Crippen molar-refractivity contribution in [2.24, 2.45) is 0 Å². The number of carboxylic acids is 1. The molecule has 2 aliphatic rings. The summed E-state index contributed by atoms with van der Waals surface area (Å²) in [5.74, 6) is -0.601. The van der Waals surface area contributed by atoms with E-state index in [1.807, 2.05) is 4.90 Å². The Morgan fingerprint density at radius 2 is 1.50 bits per heavy atom. The number of Topliss-reactive ketones (excluding diaryl/α,β-unsaturated/α-hetero) is 1. The topological polar surface area (TPSA) is 95.0 Å². The molecule has 220 valence electrons. The van der Waals surface area contributed by atoms with E-state index >= 15 is 0 Å². The summed E-state index contributed by atoms with van der Waals surface area (Å²) in [4.78, 5) is 32.9. The molecule has 10 heteroatoms. The molecule has 1 unspecified atom stereocenters. The van der Waals surface area contributed by atoms with Gasteiger partial charge in [0.1, 0.15) is 5.78 Å². The van der Waals surface area contributed by atoms with Gasteiger partial charge in [-0.05, 0) is 39.3 Å². The van der Waals surface area contributed by atoms with Gasteiger partial charge >= 0.3 is 5.97 Å². The van der Waals surface area contributed by atoms with Gasteiger partial charge in [0.15, 0.2) is 0 Å². The van der Waals surface area contributed by atoms with Crippen molar-refractivity contribution in [2.75, 3.05) is 112 Å². The van der Waals surface area contributed by atoms with Crippen molar-refractivity contribution >= 4 is 11.8 Å². The number of ketones is 1. The second kappa shape index (κ2) is 20.5. The molecule has 0 saturated carbocycles. The third-order valence-corrected chi connectivity index (χ3v) is 7.15. The highest BCUT2D eigenvalue weighted by Crippen LogP contribution is 2.09. The second-order valence-electron chi connectivity index (χ2n) is 10.3. The molecule has 10 nitrogen and oxygen atoms in total. The second-order valence-corrected chi connectivity index (χ2v) is 10.3. The van der Waals surface area contributed by atoms with E-state index in [4.69, 9.17) is 14.2 Å². The minimum atomic E-state index is -0.807. The number of rotatable bonds is 14. The largest absolute Gasteiger partial charge is 0.480 e. The number of ether oxygens (including phenoxy) is 3. The lowest BCUT2D eigenvalue weighted by Gasteiger charge is -2.32. The van der Waals surface area contributed by atoms with Crippen LogP contribution in [0.1, 0.15) is 39.0 Å². The molecule has 1 saturated heterocycles. The van der Waals surface area contributed by atoms with Crippen LogP contribution < -0.4 is 0 Å². The number of allylic oxidation sites excluding steroid dienone is 1. The predicted octanol–water partition coefficient (Wildman–Crippen LogP) is 1.45. The van der Waals surface area contributed by atoms with Crippen LogP contribution in [-0.4, -0.2) is 155 Å². The number of likely N-dealkylation sites (N-methyl/N-ethyl adjacent to an activating group) is 2. The number of hydrogen-bond acceptors (Lipinski definition) is 9. The zero-order valence-corrected chi connectivity index (χ0v) is 23.9. The molecule has 38 heavy (non-hydrogen) atoms. The molecule has 0 aromatic rings. The van der Waals surface area contributed by atoms with E-state index in [0.717, 1.165) is 71.7 Å². The summed E-state index contributed by atoms with van der Waals surface area (Å²) >= 11 is 0. The molecular weight excluding hydrogens is 488 g/mol. The van der Waals surface area contributed by atoms with Gasteiger partial charge in [-0.3, -0.25) is 19.4 Å². The number of aliphatic carboxylic acids is 1. The molecule has 2 heterocycles. The Kier molecular flexibility index (Phi) is 17.7. The smallest absolute Gasteiger partial charge is 0.317 e. The Morgan fingerprint density at radius 3 is 2.24 bits per heavy atom. The quantitative estimate of drug-likeness (QED) is 0.258. The first-order valence-corrected chi connectivity index (χ1v) is 14.5.